The van der Waals surface area contributed by atoms with E-state index >= 15 is 0 Å². The second-order valence-corrected chi connectivity index (χ2v) is 5.79. The molecule has 3 rings (SSSR count). The van der Waals surface area contributed by atoms with Crippen LogP contribution in [0.25, 0.3) is 22.2 Å². The molecule has 24 heavy (non-hydrogen) atoms. The lowest BCUT2D eigenvalue weighted by Crippen LogP contribution is -2.07. The van der Waals surface area contributed by atoms with E-state index in [0.29, 0.717) is 19.8 Å². The number of aromatic nitrogens is 1. The molecule has 0 aliphatic heterocycles. The Balaban J connectivity index is 1.86. The predicted octanol–water partition coefficient (Wildman–Crippen LogP) is 3.94. The molecule has 2 aromatic carbocycles. The maximum atomic E-state index is 6.25. The summed E-state index contributed by atoms with van der Waals surface area (Å²) in [6.07, 6.45) is 0.932. The van der Waals surface area contributed by atoms with Crippen LogP contribution in [0.3, 0.4) is 0 Å². The Morgan fingerprint density at radius 3 is 2.58 bits per heavy atom. The van der Waals surface area contributed by atoms with E-state index in [2.05, 4.69) is 41.0 Å². The average Bonchev–Trinajstić information content (AvgIpc) is 2.99. The quantitative estimate of drug-likeness (QED) is 0.504. The Morgan fingerprint density at radius 2 is 1.79 bits per heavy atom. The maximum absolute atomic E-state index is 6.25. The molecule has 1 aromatic heterocycles. The molecule has 0 amide bonds. The summed E-state index contributed by atoms with van der Waals surface area (Å²) in [5.41, 5.74) is 10.6. The number of nitrogens with zero attached hydrogens (tertiary/aromatic N) is 1. The summed E-state index contributed by atoms with van der Waals surface area (Å²) in [4.78, 5) is 0. The van der Waals surface area contributed by atoms with Gasteiger partial charge >= 0.3 is 0 Å². The molecule has 126 valence electrons. The van der Waals surface area contributed by atoms with Gasteiger partial charge in [-0.15, -0.1) is 0 Å². The van der Waals surface area contributed by atoms with Gasteiger partial charge in [-0.05, 0) is 24.1 Å². The van der Waals surface area contributed by atoms with Crippen LogP contribution in [0, 0.1) is 0 Å². The number of hydrogen-bond donors (Lipinski definition) is 1. The lowest BCUT2D eigenvalue weighted by atomic mass is 10.1. The molecule has 0 aliphatic carbocycles. The molecule has 4 heteroatoms. The summed E-state index contributed by atoms with van der Waals surface area (Å²) in [5.74, 6) is 0. The van der Waals surface area contributed by atoms with Gasteiger partial charge in [0.15, 0.2) is 0 Å². The monoisotopic (exact) mass is 324 g/mol. The van der Waals surface area contributed by atoms with E-state index in [1.807, 2.05) is 18.2 Å². The molecule has 0 spiro atoms. The number of benzene rings is 2. The molecule has 3 aromatic rings. The standard InChI is InChI=1S/C20H24N2O2/c1-23-13-14-24-12-6-11-22-19(16-7-3-2-4-8-16)15-17-9-5-10-18(21)20(17)22/h2-5,7-10,15H,6,11-14,21H2,1H3. The van der Waals surface area contributed by atoms with E-state index in [-0.39, 0.29) is 0 Å². The van der Waals surface area contributed by atoms with Crippen molar-refractivity contribution in [1.29, 1.82) is 0 Å². The van der Waals surface area contributed by atoms with Gasteiger partial charge in [0, 0.05) is 31.3 Å². The van der Waals surface area contributed by atoms with Crippen LogP contribution in [-0.4, -0.2) is 31.5 Å². The van der Waals surface area contributed by atoms with E-state index in [1.54, 1.807) is 7.11 Å². The van der Waals surface area contributed by atoms with Crippen molar-refractivity contribution in [3.8, 4) is 11.3 Å². The maximum Gasteiger partial charge on any atom is 0.0718 e. The number of para-hydroxylation sites is 1. The second-order valence-electron chi connectivity index (χ2n) is 5.79. The van der Waals surface area contributed by atoms with Gasteiger partial charge < -0.3 is 19.8 Å². The molecule has 0 atom stereocenters. The fourth-order valence-corrected chi connectivity index (χ4v) is 3.00. The second kappa shape index (κ2) is 7.99. The number of nitrogen functional groups attached to an aromatic ring is 1. The van der Waals surface area contributed by atoms with Gasteiger partial charge in [-0.1, -0.05) is 42.5 Å². The van der Waals surface area contributed by atoms with Crippen LogP contribution in [0.4, 0.5) is 5.69 Å². The van der Waals surface area contributed by atoms with E-state index in [0.717, 1.165) is 24.2 Å². The van der Waals surface area contributed by atoms with Crippen molar-refractivity contribution < 1.29 is 9.47 Å². The first kappa shape index (κ1) is 16.6. The third-order valence-corrected chi connectivity index (χ3v) is 4.12. The number of rotatable bonds is 8. The smallest absolute Gasteiger partial charge is 0.0718 e. The largest absolute Gasteiger partial charge is 0.397 e. The summed E-state index contributed by atoms with van der Waals surface area (Å²) in [6, 6.07) is 18.7. The molecule has 0 fully saturated rings. The molecule has 0 bridgehead atoms. The van der Waals surface area contributed by atoms with Gasteiger partial charge in [-0.2, -0.15) is 0 Å². The van der Waals surface area contributed by atoms with Gasteiger partial charge in [0.1, 0.15) is 0 Å². The fraction of sp³-hybridized carbons (Fsp3) is 0.300. The first-order valence-corrected chi connectivity index (χ1v) is 8.31. The molecule has 0 unspecified atom stereocenters. The van der Waals surface area contributed by atoms with Crippen molar-refractivity contribution in [3.05, 3.63) is 54.6 Å². The Kier molecular flexibility index (Phi) is 5.51. The first-order chi connectivity index (χ1) is 11.8. The highest BCUT2D eigenvalue weighted by molar-refractivity contribution is 5.94. The number of hydrogen-bond acceptors (Lipinski definition) is 3. The minimum absolute atomic E-state index is 0.634. The number of ether oxygens (including phenoxy) is 2. The highest BCUT2D eigenvalue weighted by atomic mass is 16.5. The normalized spacial score (nSPS) is 11.2. The van der Waals surface area contributed by atoms with Crippen LogP contribution in [0.2, 0.25) is 0 Å². The van der Waals surface area contributed by atoms with Crippen molar-refractivity contribution >= 4 is 16.6 Å². The molecular formula is C20H24N2O2. The summed E-state index contributed by atoms with van der Waals surface area (Å²) in [5, 5.41) is 1.18. The van der Waals surface area contributed by atoms with Crippen molar-refractivity contribution in [3.63, 3.8) is 0 Å². The zero-order valence-electron chi connectivity index (χ0n) is 14.1. The summed E-state index contributed by atoms with van der Waals surface area (Å²) < 4.78 is 12.9. The van der Waals surface area contributed by atoms with Crippen LogP contribution >= 0.6 is 0 Å². The van der Waals surface area contributed by atoms with Crippen molar-refractivity contribution in [2.45, 2.75) is 13.0 Å². The SMILES string of the molecule is COCCOCCCn1c(-c2ccccc2)cc2cccc(N)c21. The molecular weight excluding hydrogens is 300 g/mol. The van der Waals surface area contributed by atoms with Crippen molar-refractivity contribution in [1.82, 2.24) is 4.57 Å². The first-order valence-electron chi connectivity index (χ1n) is 8.31. The van der Waals surface area contributed by atoms with Crippen LogP contribution in [0.1, 0.15) is 6.42 Å². The number of aryl methyl sites for hydroxylation is 1. The number of anilines is 1. The van der Waals surface area contributed by atoms with Gasteiger partial charge in [0.05, 0.1) is 24.4 Å². The van der Waals surface area contributed by atoms with Crippen LogP contribution in [0.15, 0.2) is 54.6 Å². The summed E-state index contributed by atoms with van der Waals surface area (Å²) >= 11 is 0. The summed E-state index contributed by atoms with van der Waals surface area (Å²) in [7, 11) is 1.68. The fourth-order valence-electron chi connectivity index (χ4n) is 3.00. The van der Waals surface area contributed by atoms with E-state index in [4.69, 9.17) is 15.2 Å². The van der Waals surface area contributed by atoms with E-state index in [1.165, 1.54) is 16.6 Å². The zero-order chi connectivity index (χ0) is 16.8. The molecule has 0 aliphatic rings. The number of methoxy groups -OCH3 is 1. The molecule has 0 saturated heterocycles. The molecule has 0 radical (unpaired) electrons. The number of fused-ring (bicyclic) bond motifs is 1. The third-order valence-electron chi connectivity index (χ3n) is 4.12. The lowest BCUT2D eigenvalue weighted by Gasteiger charge is -2.12. The zero-order valence-corrected chi connectivity index (χ0v) is 14.1. The predicted molar refractivity (Wildman–Crippen MR) is 99.1 cm³/mol. The van der Waals surface area contributed by atoms with Gasteiger partial charge in [0.2, 0.25) is 0 Å². The molecule has 1 heterocycles. The average molecular weight is 324 g/mol. The highest BCUT2D eigenvalue weighted by Gasteiger charge is 2.12. The molecule has 0 saturated carbocycles. The van der Waals surface area contributed by atoms with Crippen LogP contribution in [0.5, 0.6) is 0 Å². The Bertz CT molecular complexity index is 781. The van der Waals surface area contributed by atoms with Crippen LogP contribution < -0.4 is 5.73 Å². The van der Waals surface area contributed by atoms with Gasteiger partial charge in [-0.25, -0.2) is 0 Å². The third kappa shape index (κ3) is 3.61. The lowest BCUT2D eigenvalue weighted by molar-refractivity contribution is 0.0682. The van der Waals surface area contributed by atoms with Crippen LogP contribution in [-0.2, 0) is 16.0 Å². The Hall–Kier alpha value is -2.30. The molecule has 2 N–H and O–H groups in total. The molecule has 4 nitrogen and oxygen atoms in total. The highest BCUT2D eigenvalue weighted by Crippen LogP contribution is 2.31. The van der Waals surface area contributed by atoms with Crippen molar-refractivity contribution in [2.24, 2.45) is 0 Å². The van der Waals surface area contributed by atoms with E-state index in [9.17, 15) is 0 Å². The minimum Gasteiger partial charge on any atom is -0.397 e. The Labute approximate surface area is 142 Å². The van der Waals surface area contributed by atoms with E-state index < -0.39 is 0 Å². The topological polar surface area (TPSA) is 49.4 Å². The summed E-state index contributed by atoms with van der Waals surface area (Å²) in [6.45, 7) is 2.85. The minimum atomic E-state index is 0.634. The Morgan fingerprint density at radius 1 is 0.958 bits per heavy atom. The van der Waals surface area contributed by atoms with Crippen molar-refractivity contribution in [2.75, 3.05) is 32.7 Å². The number of nitrogens with two attached hydrogens (primary N) is 1. The van der Waals surface area contributed by atoms with Gasteiger partial charge in [0.25, 0.3) is 0 Å². The van der Waals surface area contributed by atoms with Gasteiger partial charge in [-0.3, -0.25) is 0 Å².